The fourth-order valence-corrected chi connectivity index (χ4v) is 4.82. The van der Waals surface area contributed by atoms with Crippen LogP contribution in [0.15, 0.2) is 22.5 Å². The Hall–Kier alpha value is -1.60. The molecule has 5 nitrogen and oxygen atoms in total. The van der Waals surface area contributed by atoms with E-state index in [0.717, 1.165) is 41.1 Å². The van der Waals surface area contributed by atoms with Gasteiger partial charge >= 0.3 is 0 Å². The van der Waals surface area contributed by atoms with Gasteiger partial charge in [0.25, 0.3) is 0 Å². The Morgan fingerprint density at radius 3 is 2.68 bits per heavy atom. The van der Waals surface area contributed by atoms with Crippen molar-refractivity contribution in [2.75, 3.05) is 18.4 Å². The van der Waals surface area contributed by atoms with Gasteiger partial charge in [0.05, 0.1) is 5.25 Å². The molecule has 1 aliphatic rings. The highest BCUT2D eigenvalue weighted by Crippen LogP contribution is 2.31. The first-order valence-electron chi connectivity index (χ1n) is 8.66. The predicted molar refractivity (Wildman–Crippen MR) is 105 cm³/mol. The van der Waals surface area contributed by atoms with E-state index >= 15 is 0 Å². The van der Waals surface area contributed by atoms with Crippen LogP contribution < -0.4 is 5.32 Å². The van der Waals surface area contributed by atoms with Crippen LogP contribution in [0, 0.1) is 13.8 Å². The number of hydrogen-bond acceptors (Lipinski definition) is 6. The molecule has 25 heavy (non-hydrogen) atoms. The summed E-state index contributed by atoms with van der Waals surface area (Å²) in [5.74, 6) is 0.212. The Bertz CT molecular complexity index is 740. The molecule has 3 rings (SSSR count). The normalized spacial score (nSPS) is 15.9. The van der Waals surface area contributed by atoms with Crippen LogP contribution in [0.3, 0.4) is 0 Å². The molecule has 0 saturated carbocycles. The van der Waals surface area contributed by atoms with E-state index in [0.29, 0.717) is 0 Å². The second kappa shape index (κ2) is 8.19. The second-order valence-electron chi connectivity index (χ2n) is 6.44. The summed E-state index contributed by atoms with van der Waals surface area (Å²) in [7, 11) is 0. The van der Waals surface area contributed by atoms with Crippen molar-refractivity contribution in [3.05, 3.63) is 29.3 Å². The Labute approximate surface area is 157 Å². The lowest BCUT2D eigenvalue weighted by molar-refractivity contribution is -0.131. The maximum Gasteiger partial charge on any atom is 0.235 e. The molecule has 0 bridgehead atoms. The van der Waals surface area contributed by atoms with Gasteiger partial charge < -0.3 is 10.2 Å². The molecule has 7 heteroatoms. The van der Waals surface area contributed by atoms with Gasteiger partial charge in [-0.1, -0.05) is 29.2 Å². The number of thioether (sulfide) groups is 1. The van der Waals surface area contributed by atoms with Crippen LogP contribution in [-0.2, 0) is 4.79 Å². The highest BCUT2D eigenvalue weighted by Gasteiger charge is 2.24. The Morgan fingerprint density at radius 1 is 1.20 bits per heavy atom. The first-order chi connectivity index (χ1) is 12.0. The molecule has 2 heterocycles. The number of benzene rings is 1. The molecule has 1 fully saturated rings. The third kappa shape index (κ3) is 4.73. The number of likely N-dealkylation sites (tertiary alicyclic amines) is 1. The van der Waals surface area contributed by atoms with Crippen molar-refractivity contribution in [2.45, 2.75) is 49.6 Å². The summed E-state index contributed by atoms with van der Waals surface area (Å²) in [6.07, 6.45) is 3.47. The zero-order chi connectivity index (χ0) is 17.8. The first kappa shape index (κ1) is 18.2. The molecule has 1 aliphatic heterocycles. The van der Waals surface area contributed by atoms with Gasteiger partial charge in [0.1, 0.15) is 0 Å². The SMILES string of the molecule is Cc1ccc(Nc2nnc(S[C@H](C)C(=O)N3CCCCC3)s2)cc1C. The van der Waals surface area contributed by atoms with E-state index in [1.54, 1.807) is 0 Å². The Kier molecular flexibility index (Phi) is 5.96. The standard InChI is InChI=1S/C18H24N4OS2/c1-12-7-8-15(11-13(12)2)19-17-20-21-18(25-17)24-14(3)16(23)22-9-5-4-6-10-22/h7-8,11,14H,4-6,9-10H2,1-3H3,(H,19,20)/t14-/m1/s1. The number of anilines is 2. The Balaban J connectivity index is 1.59. The van der Waals surface area contributed by atoms with Crippen molar-refractivity contribution < 1.29 is 4.79 Å². The molecule has 134 valence electrons. The number of amides is 1. The van der Waals surface area contributed by atoms with Gasteiger partial charge in [-0.25, -0.2) is 0 Å². The molecule has 2 aromatic rings. The summed E-state index contributed by atoms with van der Waals surface area (Å²) in [6.45, 7) is 7.92. The number of hydrogen-bond donors (Lipinski definition) is 1. The lowest BCUT2D eigenvalue weighted by atomic mass is 10.1. The molecule has 1 amide bonds. The first-order valence-corrected chi connectivity index (χ1v) is 10.4. The van der Waals surface area contributed by atoms with Gasteiger partial charge in [-0.15, -0.1) is 10.2 Å². The van der Waals surface area contributed by atoms with Gasteiger partial charge in [-0.3, -0.25) is 4.79 Å². The molecule has 0 unspecified atom stereocenters. The van der Waals surface area contributed by atoms with E-state index in [2.05, 4.69) is 41.5 Å². The molecule has 1 N–H and O–H groups in total. The second-order valence-corrected chi connectivity index (χ2v) is 9.01. The quantitative estimate of drug-likeness (QED) is 0.784. The minimum absolute atomic E-state index is 0.125. The number of aryl methyl sites for hydroxylation is 2. The third-order valence-corrected chi connectivity index (χ3v) is 6.47. The van der Waals surface area contributed by atoms with Gasteiger partial charge in [0, 0.05) is 18.8 Å². The topological polar surface area (TPSA) is 58.1 Å². The minimum atomic E-state index is -0.125. The molecular formula is C18H24N4OS2. The van der Waals surface area contributed by atoms with Crippen LogP contribution in [0.2, 0.25) is 0 Å². The fourth-order valence-electron chi connectivity index (χ4n) is 2.82. The fraction of sp³-hybridized carbons (Fsp3) is 0.500. The largest absolute Gasteiger partial charge is 0.342 e. The molecule has 0 aliphatic carbocycles. The number of nitrogens with zero attached hydrogens (tertiary/aromatic N) is 3. The van der Waals surface area contributed by atoms with Gasteiger partial charge in [0.15, 0.2) is 4.34 Å². The summed E-state index contributed by atoms with van der Waals surface area (Å²) in [6, 6.07) is 6.23. The minimum Gasteiger partial charge on any atom is -0.342 e. The number of carbonyl (C=O) groups excluding carboxylic acids is 1. The van der Waals surface area contributed by atoms with Crippen molar-refractivity contribution >= 4 is 39.8 Å². The molecule has 1 aromatic heterocycles. The van der Waals surface area contributed by atoms with Gasteiger partial charge in [-0.05, 0) is 63.3 Å². The number of piperidine rings is 1. The molecule has 1 aromatic carbocycles. The van der Waals surface area contributed by atoms with Crippen molar-refractivity contribution in [3.8, 4) is 0 Å². The summed E-state index contributed by atoms with van der Waals surface area (Å²) < 4.78 is 0.823. The van der Waals surface area contributed by atoms with Crippen LogP contribution in [0.25, 0.3) is 0 Å². The maximum atomic E-state index is 12.5. The number of carbonyl (C=O) groups is 1. The smallest absolute Gasteiger partial charge is 0.235 e. The van der Waals surface area contributed by atoms with E-state index in [4.69, 9.17) is 0 Å². The van der Waals surface area contributed by atoms with Crippen molar-refractivity contribution in [2.24, 2.45) is 0 Å². The van der Waals surface area contributed by atoms with Crippen LogP contribution >= 0.6 is 23.1 Å². The lowest BCUT2D eigenvalue weighted by Crippen LogP contribution is -2.40. The maximum absolute atomic E-state index is 12.5. The highest BCUT2D eigenvalue weighted by molar-refractivity contribution is 8.02. The zero-order valence-corrected chi connectivity index (χ0v) is 16.5. The summed E-state index contributed by atoms with van der Waals surface area (Å²) >= 11 is 2.99. The Morgan fingerprint density at radius 2 is 1.96 bits per heavy atom. The summed E-state index contributed by atoms with van der Waals surface area (Å²) in [5.41, 5.74) is 3.52. The zero-order valence-electron chi connectivity index (χ0n) is 14.9. The number of rotatable bonds is 5. The van der Waals surface area contributed by atoms with Crippen LogP contribution in [0.4, 0.5) is 10.8 Å². The number of aromatic nitrogens is 2. The van der Waals surface area contributed by atoms with E-state index in [1.165, 1.54) is 40.6 Å². The predicted octanol–water partition coefficient (Wildman–Crippen LogP) is 4.39. The summed E-state index contributed by atoms with van der Waals surface area (Å²) in [5, 5.41) is 12.3. The van der Waals surface area contributed by atoms with E-state index in [-0.39, 0.29) is 11.2 Å². The molecule has 1 saturated heterocycles. The van der Waals surface area contributed by atoms with Crippen LogP contribution in [0.1, 0.15) is 37.3 Å². The van der Waals surface area contributed by atoms with Crippen molar-refractivity contribution in [1.29, 1.82) is 0 Å². The lowest BCUT2D eigenvalue weighted by Gasteiger charge is -2.28. The average Bonchev–Trinajstić information content (AvgIpc) is 3.05. The van der Waals surface area contributed by atoms with E-state index in [1.807, 2.05) is 17.9 Å². The molecule has 0 radical (unpaired) electrons. The van der Waals surface area contributed by atoms with E-state index < -0.39 is 0 Å². The van der Waals surface area contributed by atoms with Crippen molar-refractivity contribution in [3.63, 3.8) is 0 Å². The summed E-state index contributed by atoms with van der Waals surface area (Å²) in [4.78, 5) is 14.5. The van der Waals surface area contributed by atoms with E-state index in [9.17, 15) is 4.79 Å². The average molecular weight is 377 g/mol. The number of nitrogens with one attached hydrogen (secondary N) is 1. The molecule has 1 atom stereocenters. The monoisotopic (exact) mass is 376 g/mol. The molecule has 0 spiro atoms. The molecular weight excluding hydrogens is 352 g/mol. The highest BCUT2D eigenvalue weighted by atomic mass is 32.2. The van der Waals surface area contributed by atoms with Gasteiger partial charge in [-0.2, -0.15) is 0 Å². The third-order valence-electron chi connectivity index (χ3n) is 4.46. The van der Waals surface area contributed by atoms with Crippen LogP contribution in [-0.4, -0.2) is 39.3 Å². The van der Waals surface area contributed by atoms with Gasteiger partial charge in [0.2, 0.25) is 11.0 Å². The van der Waals surface area contributed by atoms with Crippen LogP contribution in [0.5, 0.6) is 0 Å². The van der Waals surface area contributed by atoms with Crippen molar-refractivity contribution in [1.82, 2.24) is 15.1 Å².